The predicted molar refractivity (Wildman–Crippen MR) is 107 cm³/mol. The minimum absolute atomic E-state index is 0.203. The van der Waals surface area contributed by atoms with E-state index in [1.807, 2.05) is 18.3 Å². The zero-order chi connectivity index (χ0) is 19.5. The molecule has 0 bridgehead atoms. The molecule has 5 heteroatoms. The van der Waals surface area contributed by atoms with Crippen LogP contribution < -0.4 is 0 Å². The second-order valence-electron chi connectivity index (χ2n) is 8.48. The van der Waals surface area contributed by atoms with Gasteiger partial charge in [0.2, 0.25) is 5.91 Å². The summed E-state index contributed by atoms with van der Waals surface area (Å²) in [6, 6.07) is 6.70. The van der Waals surface area contributed by atoms with Crippen molar-refractivity contribution in [2.45, 2.75) is 58.4 Å². The minimum Gasteiger partial charge on any atom is -0.342 e. The summed E-state index contributed by atoms with van der Waals surface area (Å²) in [5.41, 5.74) is 2.22. The first-order valence-electron chi connectivity index (χ1n) is 10.6. The Morgan fingerprint density at radius 1 is 1.11 bits per heavy atom. The van der Waals surface area contributed by atoms with Gasteiger partial charge in [-0.3, -0.25) is 4.79 Å². The van der Waals surface area contributed by atoms with Crippen molar-refractivity contribution in [2.24, 2.45) is 11.8 Å². The highest BCUT2D eigenvalue weighted by Gasteiger charge is 2.30. The molecule has 0 N–H and O–H groups in total. The second-order valence-corrected chi connectivity index (χ2v) is 8.48. The third kappa shape index (κ3) is 4.29. The zero-order valence-corrected chi connectivity index (χ0v) is 16.7. The minimum atomic E-state index is -0.203. The normalized spacial score (nSPS) is 18.7. The number of imidazole rings is 1. The van der Waals surface area contributed by atoms with E-state index < -0.39 is 0 Å². The maximum absolute atomic E-state index is 13.2. The van der Waals surface area contributed by atoms with Crippen molar-refractivity contribution in [3.8, 4) is 0 Å². The van der Waals surface area contributed by atoms with Crippen LogP contribution in [0.15, 0.2) is 30.5 Å². The van der Waals surface area contributed by atoms with Gasteiger partial charge in [-0.15, -0.1) is 0 Å². The largest absolute Gasteiger partial charge is 0.342 e. The predicted octanol–water partition coefficient (Wildman–Crippen LogP) is 4.35. The van der Waals surface area contributed by atoms with Gasteiger partial charge in [0.1, 0.15) is 11.6 Å². The number of benzene rings is 1. The maximum atomic E-state index is 13.2. The molecule has 0 radical (unpaired) electrons. The lowest BCUT2D eigenvalue weighted by Gasteiger charge is -2.33. The number of hydrogen-bond donors (Lipinski definition) is 0. The molecule has 2 fully saturated rings. The molecule has 0 unspecified atom stereocenters. The number of rotatable bonds is 5. The lowest BCUT2D eigenvalue weighted by molar-refractivity contribution is -0.136. The van der Waals surface area contributed by atoms with E-state index in [9.17, 15) is 9.18 Å². The number of hydrogen-bond acceptors (Lipinski definition) is 2. The molecule has 4 nitrogen and oxygen atoms in total. The van der Waals surface area contributed by atoms with Crippen LogP contribution in [0.5, 0.6) is 0 Å². The molecule has 1 saturated carbocycles. The first-order chi connectivity index (χ1) is 13.6. The molecule has 28 heavy (non-hydrogen) atoms. The molecule has 1 aromatic carbocycles. The van der Waals surface area contributed by atoms with Crippen molar-refractivity contribution < 1.29 is 9.18 Å². The summed E-state index contributed by atoms with van der Waals surface area (Å²) in [6.45, 7) is 4.57. The van der Waals surface area contributed by atoms with Crippen LogP contribution in [-0.4, -0.2) is 33.4 Å². The Morgan fingerprint density at radius 3 is 2.46 bits per heavy atom. The summed E-state index contributed by atoms with van der Waals surface area (Å²) < 4.78 is 15.4. The van der Waals surface area contributed by atoms with Crippen LogP contribution in [0.1, 0.15) is 55.6 Å². The van der Waals surface area contributed by atoms with Gasteiger partial charge < -0.3 is 9.47 Å². The Hall–Kier alpha value is -2.17. The number of aromatic nitrogens is 2. The lowest BCUT2D eigenvalue weighted by atomic mass is 9.92. The van der Waals surface area contributed by atoms with E-state index in [4.69, 9.17) is 0 Å². The first kappa shape index (κ1) is 19.2. The fraction of sp³-hybridized carbons (Fsp3) is 0.565. The number of carbonyl (C=O) groups is 1. The summed E-state index contributed by atoms with van der Waals surface area (Å²) in [5.74, 6) is 2.15. The highest BCUT2D eigenvalue weighted by atomic mass is 19.1. The standard InChI is InChI=1S/C23H30FN3O/c1-17-15-25-22(27(17)16-19-6-8-21(24)9-7-19)14-18-10-12-26(13-11-18)23(28)20-4-2-3-5-20/h6-9,15,18,20H,2-5,10-14,16H2,1H3. The fourth-order valence-corrected chi connectivity index (χ4v) is 4.71. The molecule has 1 aliphatic heterocycles. The Bertz CT molecular complexity index is 800. The van der Waals surface area contributed by atoms with Crippen LogP contribution in [0.4, 0.5) is 4.39 Å². The van der Waals surface area contributed by atoms with Gasteiger partial charge in [-0.1, -0.05) is 25.0 Å². The summed E-state index contributed by atoms with van der Waals surface area (Å²) in [5, 5.41) is 0. The van der Waals surface area contributed by atoms with Gasteiger partial charge in [0.15, 0.2) is 0 Å². The molecule has 150 valence electrons. The smallest absolute Gasteiger partial charge is 0.225 e. The number of aryl methyl sites for hydroxylation is 1. The van der Waals surface area contributed by atoms with Crippen molar-refractivity contribution in [3.05, 3.63) is 53.4 Å². The van der Waals surface area contributed by atoms with Crippen molar-refractivity contribution in [1.29, 1.82) is 0 Å². The van der Waals surface area contributed by atoms with Crippen molar-refractivity contribution >= 4 is 5.91 Å². The van der Waals surface area contributed by atoms with E-state index in [2.05, 4.69) is 21.4 Å². The highest BCUT2D eigenvalue weighted by molar-refractivity contribution is 5.79. The molecular formula is C23H30FN3O. The Labute approximate surface area is 166 Å². The van der Waals surface area contributed by atoms with Gasteiger partial charge in [-0.25, -0.2) is 9.37 Å². The number of carbonyl (C=O) groups excluding carboxylic acids is 1. The van der Waals surface area contributed by atoms with E-state index in [0.29, 0.717) is 11.8 Å². The molecule has 4 rings (SSSR count). The van der Waals surface area contributed by atoms with Crippen LogP contribution in [-0.2, 0) is 17.8 Å². The van der Waals surface area contributed by atoms with Gasteiger partial charge >= 0.3 is 0 Å². The van der Waals surface area contributed by atoms with Gasteiger partial charge in [0, 0.05) is 43.9 Å². The molecule has 2 aromatic rings. The van der Waals surface area contributed by atoms with Crippen molar-refractivity contribution in [1.82, 2.24) is 14.5 Å². The van der Waals surface area contributed by atoms with E-state index >= 15 is 0 Å². The number of likely N-dealkylation sites (tertiary alicyclic amines) is 1. The number of halogens is 1. The van der Waals surface area contributed by atoms with E-state index in [1.165, 1.54) is 25.0 Å². The number of amides is 1. The molecule has 1 saturated heterocycles. The molecule has 1 aliphatic carbocycles. The quantitative estimate of drug-likeness (QED) is 0.770. The Morgan fingerprint density at radius 2 is 1.79 bits per heavy atom. The first-order valence-corrected chi connectivity index (χ1v) is 10.6. The van der Waals surface area contributed by atoms with Crippen molar-refractivity contribution in [2.75, 3.05) is 13.1 Å². The average Bonchev–Trinajstić information content (AvgIpc) is 3.36. The maximum Gasteiger partial charge on any atom is 0.225 e. The van der Waals surface area contributed by atoms with Crippen LogP contribution in [0.2, 0.25) is 0 Å². The average molecular weight is 384 g/mol. The van der Waals surface area contributed by atoms with E-state index in [1.54, 1.807) is 0 Å². The van der Waals surface area contributed by atoms with Crippen LogP contribution in [0.3, 0.4) is 0 Å². The third-order valence-corrected chi connectivity index (χ3v) is 6.49. The van der Waals surface area contributed by atoms with Crippen LogP contribution in [0, 0.1) is 24.6 Å². The van der Waals surface area contributed by atoms with Gasteiger partial charge in [0.25, 0.3) is 0 Å². The van der Waals surface area contributed by atoms with Crippen molar-refractivity contribution in [3.63, 3.8) is 0 Å². The zero-order valence-electron chi connectivity index (χ0n) is 16.7. The lowest BCUT2D eigenvalue weighted by Crippen LogP contribution is -2.41. The molecule has 1 aromatic heterocycles. The molecule has 2 aliphatic rings. The fourth-order valence-electron chi connectivity index (χ4n) is 4.71. The van der Waals surface area contributed by atoms with Crippen LogP contribution >= 0.6 is 0 Å². The molecule has 0 atom stereocenters. The van der Waals surface area contributed by atoms with Gasteiger partial charge in [-0.05, 0) is 56.2 Å². The number of piperidine rings is 1. The monoisotopic (exact) mass is 383 g/mol. The highest BCUT2D eigenvalue weighted by Crippen LogP contribution is 2.29. The molecule has 0 spiro atoms. The molecular weight excluding hydrogens is 353 g/mol. The van der Waals surface area contributed by atoms with Crippen LogP contribution in [0.25, 0.3) is 0 Å². The second kappa shape index (κ2) is 8.46. The van der Waals surface area contributed by atoms with E-state index in [0.717, 1.165) is 68.8 Å². The SMILES string of the molecule is Cc1cnc(CC2CCN(C(=O)C3CCCC3)CC2)n1Cc1ccc(F)cc1. The summed E-state index contributed by atoms with van der Waals surface area (Å²) in [4.78, 5) is 19.4. The molecule has 1 amide bonds. The van der Waals surface area contributed by atoms with E-state index in [-0.39, 0.29) is 11.7 Å². The molecule has 2 heterocycles. The summed E-state index contributed by atoms with van der Waals surface area (Å²) in [7, 11) is 0. The van der Waals surface area contributed by atoms with Gasteiger partial charge in [-0.2, -0.15) is 0 Å². The summed E-state index contributed by atoms with van der Waals surface area (Å²) in [6.07, 6.45) is 9.57. The Balaban J connectivity index is 1.35. The third-order valence-electron chi connectivity index (χ3n) is 6.49. The topological polar surface area (TPSA) is 38.1 Å². The summed E-state index contributed by atoms with van der Waals surface area (Å²) >= 11 is 0. The van der Waals surface area contributed by atoms with Gasteiger partial charge in [0.05, 0.1) is 0 Å². The Kier molecular flexibility index (Phi) is 5.79. The number of nitrogens with zero attached hydrogens (tertiary/aromatic N) is 3.